The van der Waals surface area contributed by atoms with Gasteiger partial charge in [-0.1, -0.05) is 37.5 Å². The van der Waals surface area contributed by atoms with Gasteiger partial charge in [-0.15, -0.1) is 0 Å². The van der Waals surface area contributed by atoms with Gasteiger partial charge in [0, 0.05) is 24.1 Å². The van der Waals surface area contributed by atoms with Crippen LogP contribution in [-0.2, 0) is 11.2 Å². The lowest BCUT2D eigenvalue weighted by Crippen LogP contribution is -2.41. The van der Waals surface area contributed by atoms with Crippen LogP contribution in [0.25, 0.3) is 0 Å². The topological polar surface area (TPSA) is 58.6 Å². The second-order valence-electron chi connectivity index (χ2n) is 6.71. The number of hydrogen-bond donors (Lipinski definition) is 2. The van der Waals surface area contributed by atoms with Crippen LogP contribution in [0.15, 0.2) is 24.3 Å². The third-order valence-electron chi connectivity index (χ3n) is 4.43. The van der Waals surface area contributed by atoms with Crippen molar-refractivity contribution in [2.75, 3.05) is 6.61 Å². The van der Waals surface area contributed by atoms with E-state index in [1.165, 1.54) is 6.42 Å². The van der Waals surface area contributed by atoms with Gasteiger partial charge in [-0.25, -0.2) is 0 Å². The van der Waals surface area contributed by atoms with Gasteiger partial charge in [-0.3, -0.25) is 4.79 Å². The molecule has 1 amide bonds. The normalized spacial score (nSPS) is 21.7. The minimum absolute atomic E-state index is 0.00940. The maximum Gasteiger partial charge on any atom is 0.224 e. The SMILES string of the molecule is CC(C)Oc1ccccc1CC(=O)NC1CCCCCC1CO. The van der Waals surface area contributed by atoms with Crippen LogP contribution in [0.1, 0.15) is 51.5 Å². The van der Waals surface area contributed by atoms with Gasteiger partial charge in [0.1, 0.15) is 5.75 Å². The van der Waals surface area contributed by atoms with Crippen molar-refractivity contribution in [2.24, 2.45) is 5.92 Å². The summed E-state index contributed by atoms with van der Waals surface area (Å²) < 4.78 is 5.78. The van der Waals surface area contributed by atoms with Crippen molar-refractivity contribution in [3.05, 3.63) is 29.8 Å². The van der Waals surface area contributed by atoms with Crippen molar-refractivity contribution < 1.29 is 14.6 Å². The second-order valence-corrected chi connectivity index (χ2v) is 6.71. The highest BCUT2D eigenvalue weighted by Gasteiger charge is 2.24. The summed E-state index contributed by atoms with van der Waals surface area (Å²) >= 11 is 0. The predicted octanol–water partition coefficient (Wildman–Crippen LogP) is 3.07. The molecule has 4 nitrogen and oxygen atoms in total. The highest BCUT2D eigenvalue weighted by Crippen LogP contribution is 2.24. The number of hydrogen-bond acceptors (Lipinski definition) is 3. The Morgan fingerprint density at radius 3 is 2.74 bits per heavy atom. The third kappa shape index (κ3) is 5.54. The summed E-state index contributed by atoms with van der Waals surface area (Å²) in [6.45, 7) is 4.11. The lowest BCUT2D eigenvalue weighted by atomic mass is 9.95. The average molecular weight is 319 g/mol. The molecule has 2 rings (SSSR count). The Kier molecular flexibility index (Phi) is 6.90. The van der Waals surface area contributed by atoms with E-state index in [9.17, 15) is 9.90 Å². The van der Waals surface area contributed by atoms with E-state index in [2.05, 4.69) is 5.32 Å². The molecule has 1 aromatic rings. The second kappa shape index (κ2) is 8.92. The maximum absolute atomic E-state index is 12.4. The molecule has 0 aliphatic heterocycles. The molecule has 0 saturated heterocycles. The summed E-state index contributed by atoms with van der Waals surface area (Å²) in [4.78, 5) is 12.4. The van der Waals surface area contributed by atoms with Crippen LogP contribution in [-0.4, -0.2) is 29.8 Å². The monoisotopic (exact) mass is 319 g/mol. The first-order valence-corrected chi connectivity index (χ1v) is 8.75. The quantitative estimate of drug-likeness (QED) is 0.792. The van der Waals surface area contributed by atoms with Gasteiger partial charge in [0.25, 0.3) is 0 Å². The largest absolute Gasteiger partial charge is 0.491 e. The number of ether oxygens (including phenoxy) is 1. The van der Waals surface area contributed by atoms with Gasteiger partial charge in [0.2, 0.25) is 5.91 Å². The number of nitrogens with one attached hydrogen (secondary N) is 1. The fourth-order valence-electron chi connectivity index (χ4n) is 3.24. The first-order valence-electron chi connectivity index (χ1n) is 8.75. The fourth-order valence-corrected chi connectivity index (χ4v) is 3.24. The summed E-state index contributed by atoms with van der Waals surface area (Å²) in [5, 5.41) is 12.7. The van der Waals surface area contributed by atoms with Crippen LogP contribution in [0.3, 0.4) is 0 Å². The summed E-state index contributed by atoms with van der Waals surface area (Å²) in [5.74, 6) is 0.969. The Morgan fingerprint density at radius 1 is 1.26 bits per heavy atom. The number of para-hydroxylation sites is 1. The Labute approximate surface area is 139 Å². The number of rotatable bonds is 6. The molecule has 128 valence electrons. The minimum atomic E-state index is 0.00940. The van der Waals surface area contributed by atoms with Crippen LogP contribution in [0.2, 0.25) is 0 Å². The van der Waals surface area contributed by atoms with Gasteiger partial charge < -0.3 is 15.2 Å². The molecule has 2 unspecified atom stereocenters. The van der Waals surface area contributed by atoms with E-state index in [-0.39, 0.29) is 30.6 Å². The first-order chi connectivity index (χ1) is 11.1. The molecule has 1 aliphatic rings. The zero-order valence-corrected chi connectivity index (χ0v) is 14.3. The molecule has 23 heavy (non-hydrogen) atoms. The minimum Gasteiger partial charge on any atom is -0.491 e. The Bertz CT molecular complexity index is 501. The fraction of sp³-hybridized carbons (Fsp3) is 0.632. The average Bonchev–Trinajstić information content (AvgIpc) is 2.73. The molecule has 2 atom stereocenters. The zero-order valence-electron chi connectivity index (χ0n) is 14.3. The van der Waals surface area contributed by atoms with Crippen LogP contribution in [0.4, 0.5) is 0 Å². The van der Waals surface area contributed by atoms with Crippen LogP contribution in [0, 0.1) is 5.92 Å². The zero-order chi connectivity index (χ0) is 16.7. The molecule has 1 saturated carbocycles. The van der Waals surface area contributed by atoms with Crippen LogP contribution < -0.4 is 10.1 Å². The van der Waals surface area contributed by atoms with E-state index < -0.39 is 0 Å². The molecule has 0 aromatic heterocycles. The van der Waals surface area contributed by atoms with Crippen molar-refractivity contribution in [1.29, 1.82) is 0 Å². The van der Waals surface area contributed by atoms with E-state index in [4.69, 9.17) is 4.74 Å². The smallest absolute Gasteiger partial charge is 0.224 e. The third-order valence-corrected chi connectivity index (χ3v) is 4.43. The van der Waals surface area contributed by atoms with E-state index in [1.54, 1.807) is 0 Å². The van der Waals surface area contributed by atoms with Gasteiger partial charge in [-0.2, -0.15) is 0 Å². The number of carbonyl (C=O) groups excluding carboxylic acids is 1. The predicted molar refractivity (Wildman–Crippen MR) is 91.5 cm³/mol. The van der Waals surface area contributed by atoms with Gasteiger partial charge in [-0.05, 0) is 32.8 Å². The standard InChI is InChI=1S/C19H29NO3/c1-14(2)23-18-11-7-6-8-15(18)12-19(22)20-17-10-5-3-4-9-16(17)13-21/h6-8,11,14,16-17,21H,3-5,9-10,12-13H2,1-2H3,(H,20,22). The van der Waals surface area contributed by atoms with Gasteiger partial charge in [0.15, 0.2) is 0 Å². The molecule has 0 radical (unpaired) electrons. The van der Waals surface area contributed by atoms with E-state index in [0.717, 1.165) is 37.0 Å². The molecule has 0 heterocycles. The number of carbonyl (C=O) groups is 1. The number of aliphatic hydroxyl groups is 1. The molecule has 1 fully saturated rings. The highest BCUT2D eigenvalue weighted by atomic mass is 16.5. The maximum atomic E-state index is 12.4. The molecule has 1 aromatic carbocycles. The molecular formula is C19H29NO3. The number of benzene rings is 1. The Balaban J connectivity index is 1.98. The van der Waals surface area contributed by atoms with E-state index >= 15 is 0 Å². The summed E-state index contributed by atoms with van der Waals surface area (Å²) in [5.41, 5.74) is 0.910. The summed E-state index contributed by atoms with van der Waals surface area (Å²) in [6.07, 6.45) is 5.80. The van der Waals surface area contributed by atoms with Gasteiger partial charge in [0.05, 0.1) is 12.5 Å². The molecule has 4 heteroatoms. The van der Waals surface area contributed by atoms with Crippen molar-refractivity contribution in [3.8, 4) is 5.75 Å². The lowest BCUT2D eigenvalue weighted by Gasteiger charge is -2.24. The van der Waals surface area contributed by atoms with Crippen molar-refractivity contribution in [2.45, 2.75) is 64.5 Å². The van der Waals surface area contributed by atoms with Crippen molar-refractivity contribution in [3.63, 3.8) is 0 Å². The Hall–Kier alpha value is -1.55. The number of aliphatic hydroxyl groups excluding tert-OH is 1. The van der Waals surface area contributed by atoms with Gasteiger partial charge >= 0.3 is 0 Å². The molecule has 0 bridgehead atoms. The molecule has 2 N–H and O–H groups in total. The van der Waals surface area contributed by atoms with E-state index in [0.29, 0.717) is 6.42 Å². The lowest BCUT2D eigenvalue weighted by molar-refractivity contribution is -0.121. The molecule has 0 spiro atoms. The molecule has 1 aliphatic carbocycles. The Morgan fingerprint density at radius 2 is 2.00 bits per heavy atom. The van der Waals surface area contributed by atoms with Crippen LogP contribution >= 0.6 is 0 Å². The summed E-state index contributed by atoms with van der Waals surface area (Å²) in [6, 6.07) is 7.79. The first kappa shape index (κ1) is 17.8. The van der Waals surface area contributed by atoms with Crippen molar-refractivity contribution >= 4 is 5.91 Å². The molecular weight excluding hydrogens is 290 g/mol. The van der Waals surface area contributed by atoms with Crippen LogP contribution in [0.5, 0.6) is 5.75 Å². The summed E-state index contributed by atoms with van der Waals surface area (Å²) in [7, 11) is 0. The van der Waals surface area contributed by atoms with E-state index in [1.807, 2.05) is 38.1 Å². The van der Waals surface area contributed by atoms with Crippen molar-refractivity contribution in [1.82, 2.24) is 5.32 Å². The number of amides is 1. The highest BCUT2D eigenvalue weighted by molar-refractivity contribution is 5.79.